The largest absolute Gasteiger partial charge is 0.496 e. The number of esters is 1. The molecule has 0 aliphatic carbocycles. The molecule has 0 N–H and O–H groups in total. The molecule has 0 amide bonds. The van der Waals surface area contributed by atoms with Crippen molar-refractivity contribution in [2.24, 2.45) is 4.99 Å². The van der Waals surface area contributed by atoms with Gasteiger partial charge in [0.2, 0.25) is 0 Å². The number of hydrogen-bond donors (Lipinski definition) is 0. The van der Waals surface area contributed by atoms with Crippen molar-refractivity contribution in [3.05, 3.63) is 84.0 Å². The third-order valence-electron chi connectivity index (χ3n) is 5.96. The third kappa shape index (κ3) is 4.42. The minimum atomic E-state index is -0.801. The maximum atomic E-state index is 13.8. The molecule has 1 unspecified atom stereocenters. The van der Waals surface area contributed by atoms with Crippen LogP contribution >= 0.6 is 11.3 Å². The van der Waals surface area contributed by atoms with Gasteiger partial charge in [-0.2, -0.15) is 0 Å². The van der Waals surface area contributed by atoms with Crippen molar-refractivity contribution in [2.75, 3.05) is 27.9 Å². The zero-order chi connectivity index (χ0) is 26.0. The molecule has 0 fully saturated rings. The number of aryl methyl sites for hydroxylation is 1. The van der Waals surface area contributed by atoms with E-state index in [2.05, 4.69) is 4.99 Å². The molecule has 1 atom stereocenters. The molecule has 1 aromatic heterocycles. The third-order valence-corrected chi connectivity index (χ3v) is 6.94. The minimum Gasteiger partial charge on any atom is -0.496 e. The summed E-state index contributed by atoms with van der Waals surface area (Å²) < 4.78 is 23.9. The Bertz CT molecular complexity index is 1530. The molecule has 0 spiro atoms. The Kier molecular flexibility index (Phi) is 7.30. The van der Waals surface area contributed by atoms with Gasteiger partial charge in [-0.25, -0.2) is 9.79 Å². The van der Waals surface area contributed by atoms with Crippen LogP contribution in [0, 0.1) is 6.92 Å². The van der Waals surface area contributed by atoms with E-state index in [1.54, 1.807) is 33.1 Å². The van der Waals surface area contributed by atoms with Gasteiger partial charge in [0, 0.05) is 5.56 Å². The van der Waals surface area contributed by atoms with Crippen LogP contribution in [0.25, 0.3) is 6.08 Å². The van der Waals surface area contributed by atoms with Crippen molar-refractivity contribution in [1.29, 1.82) is 0 Å². The van der Waals surface area contributed by atoms with E-state index in [-0.39, 0.29) is 17.7 Å². The van der Waals surface area contributed by atoms with Crippen LogP contribution in [-0.2, 0) is 9.53 Å². The van der Waals surface area contributed by atoms with E-state index in [0.717, 1.165) is 16.9 Å². The second-order valence-electron chi connectivity index (χ2n) is 8.11. The summed E-state index contributed by atoms with van der Waals surface area (Å²) in [4.78, 5) is 32.0. The lowest BCUT2D eigenvalue weighted by atomic mass is 9.94. The summed E-state index contributed by atoms with van der Waals surface area (Å²) in [5, 5.41) is 0. The van der Waals surface area contributed by atoms with Gasteiger partial charge in [-0.1, -0.05) is 29.5 Å². The standard InChI is InChI=1S/C27H28N2O6S/c1-7-35-26(31)22-16(3)28-27-29(23(22)18-9-8-10-20(33-5)24(18)34-6)25(30)21(36-27)14-17-11-12-19(32-4)15(2)13-17/h8-14,23H,7H2,1-6H3. The molecule has 0 saturated heterocycles. The summed E-state index contributed by atoms with van der Waals surface area (Å²) in [7, 11) is 4.69. The van der Waals surface area contributed by atoms with Crippen molar-refractivity contribution in [3.63, 3.8) is 0 Å². The second kappa shape index (κ2) is 10.4. The predicted octanol–water partition coefficient (Wildman–Crippen LogP) is 3.13. The number of rotatable bonds is 7. The Morgan fingerprint density at radius 3 is 2.47 bits per heavy atom. The van der Waals surface area contributed by atoms with E-state index in [4.69, 9.17) is 18.9 Å². The first-order chi connectivity index (χ1) is 17.3. The van der Waals surface area contributed by atoms with Gasteiger partial charge in [-0.3, -0.25) is 9.36 Å². The maximum Gasteiger partial charge on any atom is 0.338 e. The van der Waals surface area contributed by atoms with Gasteiger partial charge in [-0.15, -0.1) is 0 Å². The van der Waals surface area contributed by atoms with E-state index < -0.39 is 12.0 Å². The number of carbonyl (C=O) groups excluding carboxylic acids is 1. The summed E-state index contributed by atoms with van der Waals surface area (Å²) in [5.74, 6) is 1.16. The van der Waals surface area contributed by atoms with E-state index in [9.17, 15) is 9.59 Å². The number of thiazole rings is 1. The molecule has 2 aromatic carbocycles. The molecule has 1 aliphatic heterocycles. The first kappa shape index (κ1) is 25.2. The normalized spacial score (nSPS) is 15.3. The fraction of sp³-hybridized carbons (Fsp3) is 0.296. The van der Waals surface area contributed by atoms with Gasteiger partial charge in [0.1, 0.15) is 11.8 Å². The monoisotopic (exact) mass is 508 g/mol. The molecule has 0 saturated carbocycles. The van der Waals surface area contributed by atoms with Gasteiger partial charge in [-0.05, 0) is 56.2 Å². The Morgan fingerprint density at radius 1 is 1.08 bits per heavy atom. The summed E-state index contributed by atoms with van der Waals surface area (Å²) in [6.45, 7) is 5.62. The minimum absolute atomic E-state index is 0.193. The van der Waals surface area contributed by atoms with Crippen molar-refractivity contribution < 1.29 is 23.7 Å². The average Bonchev–Trinajstić information content (AvgIpc) is 3.16. The highest BCUT2D eigenvalue weighted by atomic mass is 32.1. The summed E-state index contributed by atoms with van der Waals surface area (Å²) in [6, 6.07) is 10.3. The van der Waals surface area contributed by atoms with Gasteiger partial charge in [0.25, 0.3) is 5.56 Å². The zero-order valence-corrected chi connectivity index (χ0v) is 21.9. The van der Waals surface area contributed by atoms with Crippen LogP contribution in [0.4, 0.5) is 0 Å². The maximum absolute atomic E-state index is 13.8. The molecule has 1 aliphatic rings. The Labute approximate surface area is 212 Å². The van der Waals surface area contributed by atoms with Crippen molar-refractivity contribution >= 4 is 23.4 Å². The molecule has 3 aromatic rings. The lowest BCUT2D eigenvalue weighted by Crippen LogP contribution is -2.40. The van der Waals surface area contributed by atoms with Gasteiger partial charge in [0.15, 0.2) is 16.3 Å². The quantitative estimate of drug-likeness (QED) is 0.456. The molecular formula is C27H28N2O6S. The van der Waals surface area contributed by atoms with Crippen LogP contribution in [0.1, 0.15) is 36.6 Å². The number of para-hydroxylation sites is 1. The Morgan fingerprint density at radius 2 is 1.83 bits per heavy atom. The van der Waals surface area contributed by atoms with Crippen LogP contribution in [0.3, 0.4) is 0 Å². The highest BCUT2D eigenvalue weighted by molar-refractivity contribution is 7.07. The number of benzene rings is 2. The smallest absolute Gasteiger partial charge is 0.338 e. The van der Waals surface area contributed by atoms with E-state index in [0.29, 0.717) is 32.1 Å². The first-order valence-corrected chi connectivity index (χ1v) is 12.2. The summed E-state index contributed by atoms with van der Waals surface area (Å²) >= 11 is 1.26. The summed E-state index contributed by atoms with van der Waals surface area (Å²) in [6.07, 6.45) is 1.82. The van der Waals surface area contributed by atoms with Crippen LogP contribution in [0.2, 0.25) is 0 Å². The number of carbonyl (C=O) groups is 1. The van der Waals surface area contributed by atoms with E-state index in [1.165, 1.54) is 30.1 Å². The first-order valence-electron chi connectivity index (χ1n) is 11.4. The van der Waals surface area contributed by atoms with Crippen molar-refractivity contribution in [2.45, 2.75) is 26.8 Å². The number of aromatic nitrogens is 1. The number of ether oxygens (including phenoxy) is 4. The number of methoxy groups -OCH3 is 3. The van der Waals surface area contributed by atoms with Crippen LogP contribution in [-0.4, -0.2) is 38.5 Å². The summed E-state index contributed by atoms with van der Waals surface area (Å²) in [5.41, 5.74) is 2.91. The van der Waals surface area contributed by atoms with Crippen LogP contribution in [0.5, 0.6) is 17.2 Å². The lowest BCUT2D eigenvalue weighted by Gasteiger charge is -2.26. The molecule has 9 heteroatoms. The molecule has 0 radical (unpaired) electrons. The zero-order valence-electron chi connectivity index (χ0n) is 21.1. The van der Waals surface area contributed by atoms with Gasteiger partial charge < -0.3 is 18.9 Å². The number of fused-ring (bicyclic) bond motifs is 1. The highest BCUT2D eigenvalue weighted by Crippen LogP contribution is 2.40. The van der Waals surface area contributed by atoms with E-state index >= 15 is 0 Å². The number of nitrogens with zero attached hydrogens (tertiary/aromatic N) is 2. The van der Waals surface area contributed by atoms with Crippen LogP contribution in [0.15, 0.2) is 57.5 Å². The molecular weight excluding hydrogens is 480 g/mol. The molecule has 188 valence electrons. The fourth-order valence-corrected chi connectivity index (χ4v) is 5.40. The van der Waals surface area contributed by atoms with Gasteiger partial charge >= 0.3 is 5.97 Å². The van der Waals surface area contributed by atoms with Crippen LogP contribution < -0.4 is 29.1 Å². The molecule has 36 heavy (non-hydrogen) atoms. The SMILES string of the molecule is CCOC(=O)C1=C(C)N=c2sc(=Cc3ccc(OC)c(C)c3)c(=O)n2C1c1cccc(OC)c1OC. The number of hydrogen-bond acceptors (Lipinski definition) is 8. The Balaban J connectivity index is 1.99. The molecule has 2 heterocycles. The number of allylic oxidation sites excluding steroid dienone is 1. The average molecular weight is 509 g/mol. The predicted molar refractivity (Wildman–Crippen MR) is 138 cm³/mol. The van der Waals surface area contributed by atoms with E-state index in [1.807, 2.05) is 37.3 Å². The molecule has 0 bridgehead atoms. The molecule has 4 rings (SSSR count). The highest BCUT2D eigenvalue weighted by Gasteiger charge is 2.35. The fourth-order valence-electron chi connectivity index (χ4n) is 4.36. The lowest BCUT2D eigenvalue weighted by molar-refractivity contribution is -0.139. The van der Waals surface area contributed by atoms with Crippen molar-refractivity contribution in [3.8, 4) is 17.2 Å². The second-order valence-corrected chi connectivity index (χ2v) is 9.12. The van der Waals surface area contributed by atoms with Gasteiger partial charge in [0.05, 0.1) is 43.7 Å². The Hall–Kier alpha value is -3.85. The van der Waals surface area contributed by atoms with Crippen molar-refractivity contribution in [1.82, 2.24) is 4.57 Å². The molecule has 8 nitrogen and oxygen atoms in total. The topological polar surface area (TPSA) is 88.4 Å².